The second-order valence-electron chi connectivity index (χ2n) is 12.0. The molecular formula is C34H33Cl2N7O4. The summed E-state index contributed by atoms with van der Waals surface area (Å²) in [6.07, 6.45) is 2.26. The molecule has 1 amide bonds. The van der Waals surface area contributed by atoms with Crippen molar-refractivity contribution in [1.29, 1.82) is 5.26 Å². The Kier molecular flexibility index (Phi) is 9.43. The van der Waals surface area contributed by atoms with Crippen molar-refractivity contribution in [2.24, 2.45) is 0 Å². The predicted octanol–water partition coefficient (Wildman–Crippen LogP) is 4.56. The summed E-state index contributed by atoms with van der Waals surface area (Å²) in [6, 6.07) is 14.4. The van der Waals surface area contributed by atoms with Gasteiger partial charge in [-0.3, -0.25) is 19.6 Å². The van der Waals surface area contributed by atoms with Gasteiger partial charge in [0.25, 0.3) is 5.91 Å². The van der Waals surface area contributed by atoms with Gasteiger partial charge in [-0.25, -0.2) is 9.97 Å². The van der Waals surface area contributed by atoms with E-state index in [4.69, 9.17) is 27.9 Å². The molecule has 2 aromatic carbocycles. The van der Waals surface area contributed by atoms with Crippen LogP contribution in [0.5, 0.6) is 5.88 Å². The average Bonchev–Trinajstić information content (AvgIpc) is 3.05. The zero-order valence-electron chi connectivity index (χ0n) is 25.9. The molecule has 0 saturated carbocycles. The highest BCUT2D eigenvalue weighted by molar-refractivity contribution is 6.39. The number of methoxy groups -OCH3 is 1. The number of anilines is 1. The molecule has 2 aromatic heterocycles. The van der Waals surface area contributed by atoms with Gasteiger partial charge in [0.05, 0.1) is 64.3 Å². The zero-order valence-corrected chi connectivity index (χ0v) is 27.4. The van der Waals surface area contributed by atoms with Gasteiger partial charge >= 0.3 is 0 Å². The Labute approximate surface area is 282 Å². The quantitative estimate of drug-likeness (QED) is 0.231. The van der Waals surface area contributed by atoms with Gasteiger partial charge in [0.1, 0.15) is 11.4 Å². The van der Waals surface area contributed by atoms with Crippen LogP contribution in [-0.2, 0) is 19.5 Å². The van der Waals surface area contributed by atoms with E-state index >= 15 is 0 Å². The van der Waals surface area contributed by atoms with Crippen LogP contribution in [0, 0.1) is 11.3 Å². The lowest BCUT2D eigenvalue weighted by atomic mass is 9.97. The van der Waals surface area contributed by atoms with E-state index in [2.05, 4.69) is 31.2 Å². The van der Waals surface area contributed by atoms with Crippen LogP contribution in [-0.4, -0.2) is 86.4 Å². The van der Waals surface area contributed by atoms with Gasteiger partial charge in [-0.2, -0.15) is 5.26 Å². The lowest BCUT2D eigenvalue weighted by molar-refractivity contribution is -0.0878. The summed E-state index contributed by atoms with van der Waals surface area (Å²) in [5, 5.41) is 32.7. The molecule has 0 aliphatic carbocycles. The highest BCUT2D eigenvalue weighted by Crippen LogP contribution is 2.41. The minimum Gasteiger partial charge on any atom is -0.480 e. The number of pyridine rings is 1. The number of hydrogen-bond donors (Lipinski definition) is 3. The van der Waals surface area contributed by atoms with Gasteiger partial charge in [0.2, 0.25) is 5.88 Å². The standard InChI is InChI=1S/C34H33Cl2N7O4/c1-34(46)18-43(19-34)17-29-33(47-2)41-27(15-38-29)24-7-3-5-22(30(24)35)23-6-4-8-25(31(23)36)40-32(45)26-13-20(14-37)21-9-10-42(11-12-44)16-28(21)39-26/h3-8,13,15,44,46H,9-12,16-19H2,1-2H3,(H,40,45). The first-order valence-electron chi connectivity index (χ1n) is 15.1. The molecule has 0 radical (unpaired) electrons. The molecule has 0 bridgehead atoms. The van der Waals surface area contributed by atoms with Crippen LogP contribution in [0.1, 0.15) is 39.9 Å². The highest BCUT2D eigenvalue weighted by atomic mass is 35.5. The second kappa shape index (κ2) is 13.5. The van der Waals surface area contributed by atoms with Crippen LogP contribution < -0.4 is 10.1 Å². The summed E-state index contributed by atoms with van der Waals surface area (Å²) >= 11 is 13.9. The fourth-order valence-corrected chi connectivity index (χ4v) is 6.74. The summed E-state index contributed by atoms with van der Waals surface area (Å²) in [6.45, 7) is 5.03. The van der Waals surface area contributed by atoms with Crippen LogP contribution in [0.3, 0.4) is 0 Å². The molecular weight excluding hydrogens is 641 g/mol. The molecule has 1 saturated heterocycles. The minimum absolute atomic E-state index is 0.0147. The van der Waals surface area contributed by atoms with Gasteiger partial charge in [-0.15, -0.1) is 0 Å². The molecule has 3 N–H and O–H groups in total. The van der Waals surface area contributed by atoms with E-state index in [1.165, 1.54) is 13.2 Å². The largest absolute Gasteiger partial charge is 0.480 e. The maximum absolute atomic E-state index is 13.4. The van der Waals surface area contributed by atoms with Crippen LogP contribution >= 0.6 is 23.2 Å². The molecule has 242 valence electrons. The number of aromatic nitrogens is 3. The lowest BCUT2D eigenvalue weighted by Gasteiger charge is -2.44. The summed E-state index contributed by atoms with van der Waals surface area (Å²) in [7, 11) is 1.54. The number of ether oxygens (including phenoxy) is 1. The number of nitrogens with zero attached hydrogens (tertiary/aromatic N) is 6. The number of hydrogen-bond acceptors (Lipinski definition) is 10. The van der Waals surface area contributed by atoms with E-state index in [0.29, 0.717) is 102 Å². The molecule has 0 unspecified atom stereocenters. The molecule has 0 atom stereocenters. The lowest BCUT2D eigenvalue weighted by Crippen LogP contribution is -2.59. The van der Waals surface area contributed by atoms with Gasteiger partial charge in [0, 0.05) is 56.0 Å². The molecule has 1 fully saturated rings. The Balaban J connectivity index is 1.26. The van der Waals surface area contributed by atoms with E-state index in [1.807, 2.05) is 23.1 Å². The Hall–Kier alpha value is -4.15. The minimum atomic E-state index is -0.696. The summed E-state index contributed by atoms with van der Waals surface area (Å²) < 4.78 is 5.55. The monoisotopic (exact) mass is 673 g/mol. The molecule has 6 rings (SSSR count). The number of halogens is 2. The van der Waals surface area contributed by atoms with Gasteiger partial charge in [0.15, 0.2) is 0 Å². The first kappa shape index (κ1) is 32.8. The molecule has 47 heavy (non-hydrogen) atoms. The first-order chi connectivity index (χ1) is 22.6. The molecule has 2 aliphatic heterocycles. The number of aliphatic hydroxyl groups excluding tert-OH is 1. The summed E-state index contributed by atoms with van der Waals surface area (Å²) in [5.74, 6) is -0.138. The van der Waals surface area contributed by atoms with Gasteiger partial charge in [-0.05, 0) is 31.0 Å². The number of aliphatic hydroxyl groups is 2. The SMILES string of the molecule is COc1nc(-c2cccc(-c3cccc(NC(=O)c4cc(C#N)c5c(n4)CN(CCO)CC5)c3Cl)c2Cl)cnc1CN1CC(C)(O)C1. The Morgan fingerprint density at radius 1 is 1.11 bits per heavy atom. The Bertz CT molecular complexity index is 1890. The molecule has 4 aromatic rings. The van der Waals surface area contributed by atoms with Crippen molar-refractivity contribution in [3.05, 3.63) is 86.9 Å². The fourth-order valence-electron chi connectivity index (χ4n) is 6.14. The van der Waals surface area contributed by atoms with Crippen molar-refractivity contribution in [3.8, 4) is 34.3 Å². The maximum Gasteiger partial charge on any atom is 0.274 e. The smallest absolute Gasteiger partial charge is 0.274 e. The van der Waals surface area contributed by atoms with E-state index in [-0.39, 0.29) is 17.3 Å². The summed E-state index contributed by atoms with van der Waals surface area (Å²) in [4.78, 5) is 31.4. The fraction of sp³-hybridized carbons (Fsp3) is 0.324. The Morgan fingerprint density at radius 2 is 1.83 bits per heavy atom. The normalized spacial score (nSPS) is 15.8. The van der Waals surface area contributed by atoms with E-state index in [0.717, 1.165) is 5.56 Å². The molecule has 0 spiro atoms. The van der Waals surface area contributed by atoms with Crippen molar-refractivity contribution in [2.75, 3.05) is 45.2 Å². The number of fused-ring (bicyclic) bond motifs is 1. The van der Waals surface area contributed by atoms with Crippen LogP contribution in [0.4, 0.5) is 5.69 Å². The highest BCUT2D eigenvalue weighted by Gasteiger charge is 2.37. The third-order valence-corrected chi connectivity index (χ3v) is 9.16. The first-order valence-corrected chi connectivity index (χ1v) is 15.9. The van der Waals surface area contributed by atoms with Gasteiger partial charge < -0.3 is 20.3 Å². The number of nitriles is 1. The third-order valence-electron chi connectivity index (χ3n) is 8.35. The van der Waals surface area contributed by atoms with Gasteiger partial charge in [-0.1, -0.05) is 53.5 Å². The number of carbonyl (C=O) groups is 1. The molecule has 2 aliphatic rings. The van der Waals surface area contributed by atoms with E-state index in [1.54, 1.807) is 31.3 Å². The predicted molar refractivity (Wildman–Crippen MR) is 178 cm³/mol. The average molecular weight is 675 g/mol. The molecule has 13 heteroatoms. The number of likely N-dealkylation sites (tertiary alicyclic amines) is 1. The number of amides is 1. The topological polar surface area (TPSA) is 148 Å². The maximum atomic E-state index is 13.4. The van der Waals surface area contributed by atoms with Crippen LogP contribution in [0.15, 0.2) is 48.7 Å². The van der Waals surface area contributed by atoms with Crippen molar-refractivity contribution in [2.45, 2.75) is 32.0 Å². The Morgan fingerprint density at radius 3 is 2.53 bits per heavy atom. The van der Waals surface area contributed by atoms with Crippen molar-refractivity contribution in [3.63, 3.8) is 0 Å². The number of rotatable bonds is 9. The zero-order chi connectivity index (χ0) is 33.3. The van der Waals surface area contributed by atoms with Crippen molar-refractivity contribution < 1.29 is 19.7 Å². The van der Waals surface area contributed by atoms with Crippen LogP contribution in [0.25, 0.3) is 22.4 Å². The number of benzene rings is 2. The van der Waals surface area contributed by atoms with Crippen molar-refractivity contribution in [1.82, 2.24) is 24.8 Å². The summed E-state index contributed by atoms with van der Waals surface area (Å²) in [5.41, 5.74) is 4.65. The molecule has 4 heterocycles. The molecule has 11 nitrogen and oxygen atoms in total. The van der Waals surface area contributed by atoms with E-state index < -0.39 is 11.5 Å². The number of nitrogens with one attached hydrogen (secondary N) is 1. The number of carbonyl (C=O) groups excluding carboxylic acids is 1. The number of β-amino-alcohol motifs (C(OH)–C–C–N with tert-alkyl or cyclic N) is 2. The second-order valence-corrected chi connectivity index (χ2v) is 12.7. The van der Waals surface area contributed by atoms with E-state index in [9.17, 15) is 20.3 Å². The third kappa shape index (κ3) is 6.80. The van der Waals surface area contributed by atoms with Crippen molar-refractivity contribution >= 4 is 34.8 Å². The van der Waals surface area contributed by atoms with Crippen LogP contribution in [0.2, 0.25) is 10.0 Å².